The van der Waals surface area contributed by atoms with Gasteiger partial charge in [0, 0.05) is 5.56 Å². The second kappa shape index (κ2) is 3.70. The third-order valence-electron chi connectivity index (χ3n) is 3.68. The third kappa shape index (κ3) is 1.90. The molecular formula is C14H19NO. The van der Waals surface area contributed by atoms with E-state index in [0.717, 1.165) is 24.0 Å². The summed E-state index contributed by atoms with van der Waals surface area (Å²) < 4.78 is 0. The molecule has 1 aromatic rings. The van der Waals surface area contributed by atoms with Crippen molar-refractivity contribution in [1.82, 2.24) is 0 Å². The van der Waals surface area contributed by atoms with Crippen LogP contribution < -0.4 is 5.73 Å². The molecule has 1 atom stereocenters. The minimum absolute atomic E-state index is 0.0816. The fourth-order valence-electron chi connectivity index (χ4n) is 2.06. The van der Waals surface area contributed by atoms with Crippen molar-refractivity contribution in [2.24, 2.45) is 11.7 Å². The number of benzene rings is 1. The Balaban J connectivity index is 2.30. The summed E-state index contributed by atoms with van der Waals surface area (Å²) in [5, 5.41) is 0. The van der Waals surface area contributed by atoms with Gasteiger partial charge in [0.15, 0.2) is 5.78 Å². The first kappa shape index (κ1) is 11.3. The predicted molar refractivity (Wildman–Crippen MR) is 65.6 cm³/mol. The number of ketones is 1. The van der Waals surface area contributed by atoms with Crippen LogP contribution in [0.3, 0.4) is 0 Å². The van der Waals surface area contributed by atoms with Crippen LogP contribution in [0.2, 0.25) is 0 Å². The van der Waals surface area contributed by atoms with Crippen LogP contribution in [0.25, 0.3) is 0 Å². The molecule has 2 nitrogen and oxygen atoms in total. The highest BCUT2D eigenvalue weighted by molar-refractivity contribution is 6.03. The van der Waals surface area contributed by atoms with Gasteiger partial charge in [0.2, 0.25) is 0 Å². The van der Waals surface area contributed by atoms with E-state index in [9.17, 15) is 4.79 Å². The second-order valence-corrected chi connectivity index (χ2v) is 5.19. The molecule has 0 heterocycles. The van der Waals surface area contributed by atoms with Crippen LogP contribution in [-0.4, -0.2) is 11.3 Å². The van der Waals surface area contributed by atoms with E-state index in [-0.39, 0.29) is 5.78 Å². The lowest BCUT2D eigenvalue weighted by Crippen LogP contribution is -2.47. The molecule has 1 aromatic carbocycles. The van der Waals surface area contributed by atoms with Crippen LogP contribution in [0.15, 0.2) is 18.2 Å². The Bertz CT molecular complexity index is 430. The van der Waals surface area contributed by atoms with Crippen LogP contribution in [0.4, 0.5) is 0 Å². The normalized spacial score (nSPS) is 19.2. The molecule has 0 spiro atoms. The zero-order chi connectivity index (χ0) is 11.9. The molecule has 0 amide bonds. The molecule has 1 unspecified atom stereocenters. The van der Waals surface area contributed by atoms with Crippen molar-refractivity contribution < 1.29 is 4.79 Å². The second-order valence-electron chi connectivity index (χ2n) is 5.19. The summed E-state index contributed by atoms with van der Waals surface area (Å²) in [6, 6.07) is 5.83. The Hall–Kier alpha value is -1.15. The summed E-state index contributed by atoms with van der Waals surface area (Å²) in [5.74, 6) is 0.458. The zero-order valence-electron chi connectivity index (χ0n) is 10.2. The number of aryl methyl sites for hydroxylation is 2. The monoisotopic (exact) mass is 217 g/mol. The zero-order valence-corrected chi connectivity index (χ0v) is 10.2. The topological polar surface area (TPSA) is 43.1 Å². The third-order valence-corrected chi connectivity index (χ3v) is 3.68. The molecule has 2 heteroatoms. The molecule has 0 aliphatic heterocycles. The Morgan fingerprint density at radius 3 is 2.44 bits per heavy atom. The van der Waals surface area contributed by atoms with E-state index in [4.69, 9.17) is 5.73 Å². The predicted octanol–water partition coefficient (Wildman–Crippen LogP) is 2.61. The molecule has 0 bridgehead atoms. The fraction of sp³-hybridized carbons (Fsp3) is 0.500. The van der Waals surface area contributed by atoms with Gasteiger partial charge in [-0.05, 0) is 56.7 Å². The number of hydrogen-bond donors (Lipinski definition) is 1. The van der Waals surface area contributed by atoms with Gasteiger partial charge in [-0.15, -0.1) is 0 Å². The van der Waals surface area contributed by atoms with Gasteiger partial charge >= 0.3 is 0 Å². The van der Waals surface area contributed by atoms with Crippen LogP contribution in [0.1, 0.15) is 41.3 Å². The van der Waals surface area contributed by atoms with Crippen LogP contribution in [0.5, 0.6) is 0 Å². The number of hydrogen-bond acceptors (Lipinski definition) is 2. The van der Waals surface area contributed by atoms with Crippen molar-refractivity contribution >= 4 is 5.78 Å². The van der Waals surface area contributed by atoms with Crippen molar-refractivity contribution in [3.8, 4) is 0 Å². The maximum atomic E-state index is 12.3. The smallest absolute Gasteiger partial charge is 0.182 e. The Kier molecular flexibility index (Phi) is 2.62. The van der Waals surface area contributed by atoms with E-state index < -0.39 is 5.54 Å². The van der Waals surface area contributed by atoms with Crippen molar-refractivity contribution in [1.29, 1.82) is 0 Å². The summed E-state index contributed by atoms with van der Waals surface area (Å²) >= 11 is 0. The van der Waals surface area contributed by atoms with Crippen molar-refractivity contribution in [2.75, 3.05) is 0 Å². The molecule has 1 fully saturated rings. The average Bonchev–Trinajstić information content (AvgIpc) is 3.04. The van der Waals surface area contributed by atoms with Gasteiger partial charge in [-0.25, -0.2) is 0 Å². The van der Waals surface area contributed by atoms with Crippen molar-refractivity contribution in [3.63, 3.8) is 0 Å². The quantitative estimate of drug-likeness (QED) is 0.791. The van der Waals surface area contributed by atoms with Crippen LogP contribution in [-0.2, 0) is 0 Å². The van der Waals surface area contributed by atoms with Crippen molar-refractivity contribution in [3.05, 3.63) is 34.9 Å². The molecular weight excluding hydrogens is 198 g/mol. The summed E-state index contributed by atoms with van der Waals surface area (Å²) in [5.41, 5.74) is 8.57. The van der Waals surface area contributed by atoms with Crippen LogP contribution in [0, 0.1) is 19.8 Å². The Labute approximate surface area is 96.8 Å². The fourth-order valence-corrected chi connectivity index (χ4v) is 2.06. The van der Waals surface area contributed by atoms with Crippen molar-refractivity contribution in [2.45, 2.75) is 39.2 Å². The molecule has 86 valence electrons. The molecule has 2 rings (SSSR count). The van der Waals surface area contributed by atoms with E-state index in [1.54, 1.807) is 0 Å². The number of carbonyl (C=O) groups is 1. The van der Waals surface area contributed by atoms with Gasteiger partial charge in [0.1, 0.15) is 0 Å². The van der Waals surface area contributed by atoms with E-state index in [1.165, 1.54) is 5.56 Å². The summed E-state index contributed by atoms with van der Waals surface area (Å²) in [7, 11) is 0. The minimum Gasteiger partial charge on any atom is -0.319 e. The molecule has 1 saturated carbocycles. The molecule has 1 aliphatic rings. The molecule has 16 heavy (non-hydrogen) atoms. The highest BCUT2D eigenvalue weighted by atomic mass is 16.1. The van der Waals surface area contributed by atoms with Gasteiger partial charge in [-0.1, -0.05) is 12.1 Å². The minimum atomic E-state index is -0.679. The summed E-state index contributed by atoms with van der Waals surface area (Å²) in [6.07, 6.45) is 2.17. The highest BCUT2D eigenvalue weighted by Gasteiger charge is 2.44. The number of Topliss-reactive ketones (excluding diaryl/α,β-unsaturated/α-hetero) is 1. The van der Waals surface area contributed by atoms with Gasteiger partial charge in [-0.2, -0.15) is 0 Å². The lowest BCUT2D eigenvalue weighted by Gasteiger charge is -2.23. The summed E-state index contributed by atoms with van der Waals surface area (Å²) in [6.45, 7) is 5.94. The molecule has 2 N–H and O–H groups in total. The maximum Gasteiger partial charge on any atom is 0.182 e. The van der Waals surface area contributed by atoms with E-state index >= 15 is 0 Å². The first-order valence-corrected chi connectivity index (χ1v) is 5.84. The SMILES string of the molecule is Cc1ccc(C(=O)C(C)(N)C2CC2)cc1C. The molecule has 0 radical (unpaired) electrons. The van der Waals surface area contributed by atoms with Gasteiger partial charge in [0.25, 0.3) is 0 Å². The lowest BCUT2D eigenvalue weighted by atomic mass is 9.86. The molecule has 0 saturated heterocycles. The number of carbonyl (C=O) groups excluding carboxylic acids is 1. The Morgan fingerprint density at radius 2 is 1.94 bits per heavy atom. The number of nitrogens with two attached hydrogens (primary N) is 1. The van der Waals surface area contributed by atoms with Crippen LogP contribution >= 0.6 is 0 Å². The first-order valence-electron chi connectivity index (χ1n) is 5.84. The van der Waals surface area contributed by atoms with E-state index in [0.29, 0.717) is 5.92 Å². The lowest BCUT2D eigenvalue weighted by molar-refractivity contribution is 0.0883. The Morgan fingerprint density at radius 1 is 1.31 bits per heavy atom. The maximum absolute atomic E-state index is 12.3. The molecule has 1 aliphatic carbocycles. The van der Waals surface area contributed by atoms with E-state index in [1.807, 2.05) is 39.0 Å². The first-order chi connectivity index (χ1) is 7.43. The standard InChI is InChI=1S/C14H19NO/c1-9-4-5-11(8-10(9)2)13(16)14(3,15)12-6-7-12/h4-5,8,12H,6-7,15H2,1-3H3. The van der Waals surface area contributed by atoms with Gasteiger partial charge in [-0.3, -0.25) is 4.79 Å². The van der Waals surface area contributed by atoms with Gasteiger partial charge in [0.05, 0.1) is 5.54 Å². The van der Waals surface area contributed by atoms with E-state index in [2.05, 4.69) is 0 Å². The van der Waals surface area contributed by atoms with Gasteiger partial charge < -0.3 is 5.73 Å². The summed E-state index contributed by atoms with van der Waals surface area (Å²) in [4.78, 5) is 12.3. The number of rotatable bonds is 3. The highest BCUT2D eigenvalue weighted by Crippen LogP contribution is 2.39. The largest absolute Gasteiger partial charge is 0.319 e. The molecule has 0 aromatic heterocycles. The average molecular weight is 217 g/mol.